The molecule has 4 nitrogen and oxygen atoms in total. The molecular formula is C26H36N2O2. The molecule has 0 spiro atoms. The van der Waals surface area contributed by atoms with Gasteiger partial charge < -0.3 is 10.2 Å². The highest BCUT2D eigenvalue weighted by Gasteiger charge is 2.30. The first kappa shape index (κ1) is 23.7. The summed E-state index contributed by atoms with van der Waals surface area (Å²) in [6.45, 7) is 14.4. The fourth-order valence-electron chi connectivity index (χ4n) is 3.53. The molecule has 0 aromatic heterocycles. The van der Waals surface area contributed by atoms with E-state index < -0.39 is 6.04 Å². The molecule has 162 valence electrons. The number of amides is 2. The molecular weight excluding hydrogens is 372 g/mol. The van der Waals surface area contributed by atoms with Crippen molar-refractivity contribution in [1.29, 1.82) is 0 Å². The normalized spacial score (nSPS) is 12.4. The van der Waals surface area contributed by atoms with Gasteiger partial charge in [-0.25, -0.2) is 0 Å². The van der Waals surface area contributed by atoms with Gasteiger partial charge in [0.15, 0.2) is 0 Å². The molecule has 1 N–H and O–H groups in total. The lowest BCUT2D eigenvalue weighted by molar-refractivity contribution is -0.141. The van der Waals surface area contributed by atoms with Crippen LogP contribution in [0.1, 0.15) is 61.9 Å². The zero-order chi connectivity index (χ0) is 22.5. The molecule has 2 amide bonds. The third-order valence-electron chi connectivity index (χ3n) is 5.41. The van der Waals surface area contributed by atoms with Crippen molar-refractivity contribution in [3.05, 3.63) is 70.3 Å². The van der Waals surface area contributed by atoms with Crippen LogP contribution < -0.4 is 5.32 Å². The van der Waals surface area contributed by atoms with Crippen molar-refractivity contribution in [3.63, 3.8) is 0 Å². The smallest absolute Gasteiger partial charge is 0.243 e. The Morgan fingerprint density at radius 2 is 1.63 bits per heavy atom. The van der Waals surface area contributed by atoms with Gasteiger partial charge in [0.2, 0.25) is 11.8 Å². The Morgan fingerprint density at radius 1 is 0.967 bits per heavy atom. The van der Waals surface area contributed by atoms with Crippen LogP contribution in [0.4, 0.5) is 0 Å². The van der Waals surface area contributed by atoms with Crippen molar-refractivity contribution in [2.45, 2.75) is 79.4 Å². The Kier molecular flexibility index (Phi) is 7.83. The van der Waals surface area contributed by atoms with Crippen molar-refractivity contribution >= 4 is 11.8 Å². The Hall–Kier alpha value is -2.62. The lowest BCUT2D eigenvalue weighted by atomic mass is 10.0. The van der Waals surface area contributed by atoms with Crippen LogP contribution in [-0.4, -0.2) is 28.3 Å². The van der Waals surface area contributed by atoms with Crippen LogP contribution in [0.3, 0.4) is 0 Å². The van der Waals surface area contributed by atoms with Gasteiger partial charge in [0.05, 0.1) is 6.42 Å². The SMILES string of the molecule is CC[C@H](C(=O)NC(C)(C)C)N(Cc1ccccc1C)C(=O)Cc1ccc(C)c(C)c1. The van der Waals surface area contributed by atoms with Gasteiger partial charge in [0, 0.05) is 12.1 Å². The van der Waals surface area contributed by atoms with Crippen LogP contribution in [0.15, 0.2) is 42.5 Å². The van der Waals surface area contributed by atoms with E-state index in [4.69, 9.17) is 0 Å². The van der Waals surface area contributed by atoms with E-state index in [2.05, 4.69) is 25.2 Å². The lowest BCUT2D eigenvalue weighted by Gasteiger charge is -2.33. The van der Waals surface area contributed by atoms with Crippen LogP contribution in [-0.2, 0) is 22.6 Å². The molecule has 0 heterocycles. The first-order chi connectivity index (χ1) is 14.0. The summed E-state index contributed by atoms with van der Waals surface area (Å²) in [6.07, 6.45) is 0.846. The van der Waals surface area contributed by atoms with E-state index in [1.54, 1.807) is 4.90 Å². The summed E-state index contributed by atoms with van der Waals surface area (Å²) in [6, 6.07) is 13.6. The maximum Gasteiger partial charge on any atom is 0.243 e. The highest BCUT2D eigenvalue weighted by molar-refractivity contribution is 5.88. The quantitative estimate of drug-likeness (QED) is 0.710. The number of nitrogens with one attached hydrogen (secondary N) is 1. The molecule has 0 aliphatic carbocycles. The summed E-state index contributed by atoms with van der Waals surface area (Å²) in [4.78, 5) is 28.2. The second-order valence-corrected chi connectivity index (χ2v) is 9.21. The van der Waals surface area contributed by atoms with E-state index in [0.717, 1.165) is 16.7 Å². The van der Waals surface area contributed by atoms with Crippen molar-refractivity contribution in [2.24, 2.45) is 0 Å². The number of hydrogen-bond donors (Lipinski definition) is 1. The summed E-state index contributed by atoms with van der Waals surface area (Å²) < 4.78 is 0. The van der Waals surface area contributed by atoms with Gasteiger partial charge in [-0.2, -0.15) is 0 Å². The van der Waals surface area contributed by atoms with E-state index in [9.17, 15) is 9.59 Å². The second-order valence-electron chi connectivity index (χ2n) is 9.21. The number of nitrogens with zero attached hydrogens (tertiary/aromatic N) is 1. The molecule has 2 rings (SSSR count). The molecule has 0 aliphatic heterocycles. The number of hydrogen-bond acceptors (Lipinski definition) is 2. The molecule has 0 aliphatic rings. The maximum absolute atomic E-state index is 13.4. The zero-order valence-electron chi connectivity index (χ0n) is 19.5. The number of carbonyl (C=O) groups excluding carboxylic acids is 2. The second kappa shape index (κ2) is 9.92. The minimum Gasteiger partial charge on any atom is -0.350 e. The topological polar surface area (TPSA) is 49.4 Å². The van der Waals surface area contributed by atoms with E-state index in [1.165, 1.54) is 11.1 Å². The predicted octanol–water partition coefficient (Wildman–Crippen LogP) is 4.88. The van der Waals surface area contributed by atoms with Crippen LogP contribution in [0.25, 0.3) is 0 Å². The van der Waals surface area contributed by atoms with Gasteiger partial charge in [-0.3, -0.25) is 9.59 Å². The number of aryl methyl sites for hydroxylation is 3. The maximum atomic E-state index is 13.4. The summed E-state index contributed by atoms with van der Waals surface area (Å²) in [7, 11) is 0. The molecule has 0 bridgehead atoms. The van der Waals surface area contributed by atoms with Crippen LogP contribution in [0.5, 0.6) is 0 Å². The molecule has 1 atom stereocenters. The molecule has 0 unspecified atom stereocenters. The number of benzene rings is 2. The van der Waals surface area contributed by atoms with Gasteiger partial charge in [-0.15, -0.1) is 0 Å². The number of carbonyl (C=O) groups is 2. The molecule has 4 heteroatoms. The predicted molar refractivity (Wildman–Crippen MR) is 123 cm³/mol. The zero-order valence-corrected chi connectivity index (χ0v) is 19.5. The van der Waals surface area contributed by atoms with Gasteiger partial charge in [-0.1, -0.05) is 49.4 Å². The van der Waals surface area contributed by atoms with E-state index >= 15 is 0 Å². The fourth-order valence-corrected chi connectivity index (χ4v) is 3.53. The molecule has 0 saturated carbocycles. The average molecular weight is 409 g/mol. The van der Waals surface area contributed by atoms with E-state index in [-0.39, 0.29) is 23.8 Å². The minimum atomic E-state index is -0.511. The Labute approximate surface area is 181 Å². The summed E-state index contributed by atoms with van der Waals surface area (Å²) in [5.41, 5.74) is 5.18. The Balaban J connectivity index is 2.35. The van der Waals surface area contributed by atoms with Crippen LogP contribution >= 0.6 is 0 Å². The highest BCUT2D eigenvalue weighted by Crippen LogP contribution is 2.18. The van der Waals surface area contributed by atoms with Crippen molar-refractivity contribution in [3.8, 4) is 0 Å². The molecule has 30 heavy (non-hydrogen) atoms. The van der Waals surface area contributed by atoms with Crippen molar-refractivity contribution in [1.82, 2.24) is 10.2 Å². The van der Waals surface area contributed by atoms with E-state index in [0.29, 0.717) is 13.0 Å². The van der Waals surface area contributed by atoms with Crippen LogP contribution in [0, 0.1) is 20.8 Å². The molecule has 0 radical (unpaired) electrons. The molecule has 2 aromatic carbocycles. The van der Waals surface area contributed by atoms with Crippen molar-refractivity contribution in [2.75, 3.05) is 0 Å². The average Bonchev–Trinajstić information content (AvgIpc) is 2.64. The Bertz CT molecular complexity index is 896. The van der Waals surface area contributed by atoms with Gasteiger partial charge in [-0.05, 0) is 75.8 Å². The third-order valence-corrected chi connectivity index (χ3v) is 5.41. The molecule has 0 fully saturated rings. The monoisotopic (exact) mass is 408 g/mol. The van der Waals surface area contributed by atoms with Crippen molar-refractivity contribution < 1.29 is 9.59 Å². The standard InChI is InChI=1S/C26H36N2O2/c1-8-23(25(30)27-26(5,6)7)28(17-22-12-10-9-11-19(22)3)24(29)16-21-14-13-18(2)20(4)15-21/h9-15,23H,8,16-17H2,1-7H3,(H,27,30)/t23-/m1/s1. The third kappa shape index (κ3) is 6.45. The highest BCUT2D eigenvalue weighted by atomic mass is 16.2. The molecule has 0 saturated heterocycles. The summed E-state index contributed by atoms with van der Waals surface area (Å²) in [5, 5.41) is 3.05. The Morgan fingerprint density at radius 3 is 2.20 bits per heavy atom. The van der Waals surface area contributed by atoms with Gasteiger partial charge >= 0.3 is 0 Å². The minimum absolute atomic E-state index is 0.0302. The fraction of sp³-hybridized carbons (Fsp3) is 0.462. The lowest BCUT2D eigenvalue weighted by Crippen LogP contribution is -2.53. The first-order valence-electron chi connectivity index (χ1n) is 10.7. The number of rotatable bonds is 7. The molecule has 2 aromatic rings. The summed E-state index contributed by atoms with van der Waals surface area (Å²) >= 11 is 0. The largest absolute Gasteiger partial charge is 0.350 e. The summed E-state index contributed by atoms with van der Waals surface area (Å²) in [5.74, 6) is -0.135. The van der Waals surface area contributed by atoms with Crippen LogP contribution in [0.2, 0.25) is 0 Å². The van der Waals surface area contributed by atoms with Gasteiger partial charge in [0.25, 0.3) is 0 Å². The van der Waals surface area contributed by atoms with Gasteiger partial charge in [0.1, 0.15) is 6.04 Å². The van der Waals surface area contributed by atoms with E-state index in [1.807, 2.05) is 71.0 Å². The first-order valence-corrected chi connectivity index (χ1v) is 10.7.